The maximum absolute atomic E-state index is 11.5. The Labute approximate surface area is 127 Å². The number of rotatable bonds is 9. The molecule has 0 radical (unpaired) electrons. The number of benzene rings is 1. The highest BCUT2D eigenvalue weighted by Crippen LogP contribution is 2.29. The fourth-order valence-electron chi connectivity index (χ4n) is 2.56. The molecule has 0 aliphatic carbocycles. The molecule has 0 atom stereocenters. The molecule has 3 nitrogen and oxygen atoms in total. The third kappa shape index (κ3) is 4.92. The molecule has 0 fully saturated rings. The lowest BCUT2D eigenvalue weighted by molar-refractivity contribution is -0.135. The van der Waals surface area contributed by atoms with Gasteiger partial charge in [-0.2, -0.15) is 0 Å². The Morgan fingerprint density at radius 2 is 1.86 bits per heavy atom. The van der Waals surface area contributed by atoms with Gasteiger partial charge in [-0.3, -0.25) is 0 Å². The lowest BCUT2D eigenvalue weighted by Crippen LogP contribution is -2.08. The number of carboxylic acid groups (broad SMARTS) is 1. The van der Waals surface area contributed by atoms with Crippen molar-refractivity contribution in [2.24, 2.45) is 0 Å². The van der Waals surface area contributed by atoms with Crippen LogP contribution >= 0.6 is 0 Å². The monoisotopic (exact) mass is 290 g/mol. The molecule has 1 rings (SSSR count). The molecule has 0 saturated heterocycles. The van der Waals surface area contributed by atoms with Gasteiger partial charge < -0.3 is 9.84 Å². The topological polar surface area (TPSA) is 46.5 Å². The first-order chi connectivity index (χ1) is 10.2. The van der Waals surface area contributed by atoms with Gasteiger partial charge in [0.15, 0.2) is 0 Å². The number of aryl methyl sites for hydroxylation is 1. The minimum Gasteiger partial charge on any atom is -0.490 e. The Balaban J connectivity index is 3.15. The number of hydrogen-bond donors (Lipinski definition) is 1. The van der Waals surface area contributed by atoms with E-state index >= 15 is 0 Å². The fraction of sp³-hybridized carbons (Fsp3) is 0.500. The minimum absolute atomic E-state index is 0.0763. The molecule has 0 bridgehead atoms. The summed E-state index contributed by atoms with van der Waals surface area (Å²) >= 11 is 0. The Bertz CT molecular complexity index is 489. The molecule has 0 aromatic heterocycles. The van der Waals surface area contributed by atoms with Crippen molar-refractivity contribution in [2.75, 3.05) is 7.11 Å². The van der Waals surface area contributed by atoms with Crippen LogP contribution in [0, 0.1) is 0 Å². The summed E-state index contributed by atoms with van der Waals surface area (Å²) in [6.45, 7) is 4.25. The molecular weight excluding hydrogens is 264 g/mol. The van der Waals surface area contributed by atoms with Crippen LogP contribution in [0.5, 0.6) is 0 Å². The van der Waals surface area contributed by atoms with E-state index in [1.54, 1.807) is 0 Å². The largest absolute Gasteiger partial charge is 0.490 e. The number of hydrogen-bond acceptors (Lipinski definition) is 2. The Hall–Kier alpha value is -1.77. The summed E-state index contributed by atoms with van der Waals surface area (Å²) in [6.07, 6.45) is 6.07. The zero-order valence-electron chi connectivity index (χ0n) is 13.3. The van der Waals surface area contributed by atoms with E-state index in [0.717, 1.165) is 36.8 Å². The van der Waals surface area contributed by atoms with Gasteiger partial charge in [0.05, 0.1) is 7.11 Å². The van der Waals surface area contributed by atoms with Crippen LogP contribution < -0.4 is 0 Å². The number of allylic oxidation sites excluding steroid dienone is 1. The lowest BCUT2D eigenvalue weighted by Gasteiger charge is -2.15. The van der Waals surface area contributed by atoms with E-state index in [2.05, 4.69) is 19.9 Å². The van der Waals surface area contributed by atoms with Crippen LogP contribution in [0.25, 0.3) is 5.57 Å². The smallest absolute Gasteiger partial charge is 0.371 e. The van der Waals surface area contributed by atoms with Crippen molar-refractivity contribution >= 4 is 11.5 Å². The standard InChI is InChI=1S/C18H26O3/c1-4-6-7-8-13-16(17(21-3)18(19)20)15-12-10-9-11-14(15)5-2/h9-12H,4-8,13H2,1-3H3,(H,19,20)/b17-16+. The second-order valence-corrected chi connectivity index (χ2v) is 5.14. The van der Waals surface area contributed by atoms with Crippen LogP contribution in [0.2, 0.25) is 0 Å². The normalized spacial score (nSPS) is 12.0. The first kappa shape index (κ1) is 17.3. The van der Waals surface area contributed by atoms with Crippen molar-refractivity contribution in [2.45, 2.75) is 52.4 Å². The Morgan fingerprint density at radius 1 is 1.14 bits per heavy atom. The highest BCUT2D eigenvalue weighted by molar-refractivity contribution is 5.94. The molecule has 1 N–H and O–H groups in total. The Morgan fingerprint density at radius 3 is 2.43 bits per heavy atom. The predicted molar refractivity (Wildman–Crippen MR) is 86.1 cm³/mol. The molecule has 3 heteroatoms. The van der Waals surface area contributed by atoms with Crippen molar-refractivity contribution in [3.05, 3.63) is 41.2 Å². The molecule has 1 aromatic carbocycles. The fourth-order valence-corrected chi connectivity index (χ4v) is 2.56. The van der Waals surface area contributed by atoms with E-state index in [4.69, 9.17) is 4.74 Å². The molecule has 1 aromatic rings. The maximum Gasteiger partial charge on any atom is 0.371 e. The average Bonchev–Trinajstić information content (AvgIpc) is 2.50. The van der Waals surface area contributed by atoms with Gasteiger partial charge in [0.2, 0.25) is 5.76 Å². The number of carbonyl (C=O) groups is 1. The van der Waals surface area contributed by atoms with Crippen molar-refractivity contribution in [1.82, 2.24) is 0 Å². The van der Waals surface area contributed by atoms with Gasteiger partial charge in [-0.15, -0.1) is 0 Å². The van der Waals surface area contributed by atoms with Gasteiger partial charge in [-0.1, -0.05) is 57.4 Å². The number of methoxy groups -OCH3 is 1. The minimum atomic E-state index is -0.992. The third-order valence-electron chi connectivity index (χ3n) is 3.68. The van der Waals surface area contributed by atoms with Gasteiger partial charge >= 0.3 is 5.97 Å². The van der Waals surface area contributed by atoms with Crippen molar-refractivity contribution in [3.63, 3.8) is 0 Å². The molecule has 0 aliphatic heterocycles. The van der Waals surface area contributed by atoms with Crippen molar-refractivity contribution in [1.29, 1.82) is 0 Å². The number of aliphatic carboxylic acids is 1. The van der Waals surface area contributed by atoms with E-state index in [0.29, 0.717) is 0 Å². The molecule has 0 heterocycles. The van der Waals surface area contributed by atoms with Gasteiger partial charge in [0.1, 0.15) is 0 Å². The summed E-state index contributed by atoms with van der Waals surface area (Å²) in [4.78, 5) is 11.5. The van der Waals surface area contributed by atoms with Crippen molar-refractivity contribution < 1.29 is 14.6 Å². The van der Waals surface area contributed by atoms with Crippen LogP contribution in [0.1, 0.15) is 57.1 Å². The first-order valence-electron chi connectivity index (χ1n) is 7.74. The molecular formula is C18H26O3. The number of carboxylic acids is 1. The molecule has 0 aliphatic rings. The predicted octanol–water partition coefficient (Wildman–Crippen LogP) is 4.66. The zero-order valence-corrected chi connectivity index (χ0v) is 13.3. The molecule has 0 saturated carbocycles. The molecule has 21 heavy (non-hydrogen) atoms. The Kier molecular flexibility index (Phi) is 7.59. The number of ether oxygens (including phenoxy) is 1. The summed E-state index contributed by atoms with van der Waals surface area (Å²) < 4.78 is 5.16. The number of unbranched alkanes of at least 4 members (excludes halogenated alkanes) is 3. The third-order valence-corrected chi connectivity index (χ3v) is 3.68. The van der Waals surface area contributed by atoms with E-state index in [-0.39, 0.29) is 5.76 Å². The second-order valence-electron chi connectivity index (χ2n) is 5.14. The lowest BCUT2D eigenvalue weighted by atomic mass is 9.93. The summed E-state index contributed by atoms with van der Waals surface area (Å²) in [5.41, 5.74) is 2.99. The first-order valence-corrected chi connectivity index (χ1v) is 7.74. The molecule has 0 amide bonds. The summed E-state index contributed by atoms with van der Waals surface area (Å²) in [5, 5.41) is 9.39. The zero-order chi connectivity index (χ0) is 15.7. The average molecular weight is 290 g/mol. The molecule has 116 valence electrons. The maximum atomic E-state index is 11.5. The van der Waals surface area contributed by atoms with E-state index < -0.39 is 5.97 Å². The molecule has 0 unspecified atom stereocenters. The van der Waals surface area contributed by atoms with Crippen molar-refractivity contribution in [3.8, 4) is 0 Å². The van der Waals surface area contributed by atoms with Crippen LogP contribution in [0.15, 0.2) is 30.0 Å². The van der Waals surface area contributed by atoms with E-state index in [9.17, 15) is 9.90 Å². The molecule has 0 spiro atoms. The summed E-state index contributed by atoms with van der Waals surface area (Å²) in [6, 6.07) is 7.99. The second kappa shape index (κ2) is 9.22. The van der Waals surface area contributed by atoms with Gasteiger partial charge in [0, 0.05) is 5.57 Å². The van der Waals surface area contributed by atoms with Gasteiger partial charge in [-0.25, -0.2) is 4.79 Å². The summed E-state index contributed by atoms with van der Waals surface area (Å²) in [5.74, 6) is -0.915. The highest BCUT2D eigenvalue weighted by atomic mass is 16.5. The highest BCUT2D eigenvalue weighted by Gasteiger charge is 2.18. The van der Waals surface area contributed by atoms with Gasteiger partial charge in [-0.05, 0) is 30.4 Å². The van der Waals surface area contributed by atoms with Crippen LogP contribution in [0.4, 0.5) is 0 Å². The van der Waals surface area contributed by atoms with E-state index in [1.165, 1.54) is 25.5 Å². The summed E-state index contributed by atoms with van der Waals surface area (Å²) in [7, 11) is 1.43. The van der Waals surface area contributed by atoms with Crippen LogP contribution in [-0.4, -0.2) is 18.2 Å². The van der Waals surface area contributed by atoms with E-state index in [1.807, 2.05) is 18.2 Å². The van der Waals surface area contributed by atoms with Crippen LogP contribution in [0.3, 0.4) is 0 Å². The van der Waals surface area contributed by atoms with Crippen LogP contribution in [-0.2, 0) is 16.0 Å². The SMILES string of the molecule is CCCCCC/C(=C(\OC)C(=O)O)c1ccccc1CC. The quantitative estimate of drug-likeness (QED) is 0.408. The van der Waals surface area contributed by atoms with Gasteiger partial charge in [0.25, 0.3) is 0 Å².